The van der Waals surface area contributed by atoms with E-state index in [1.165, 1.54) is 4.90 Å². The van der Waals surface area contributed by atoms with Gasteiger partial charge in [-0.3, -0.25) is 9.69 Å². The maximum Gasteiger partial charge on any atom is 0.329 e. The van der Waals surface area contributed by atoms with Crippen LogP contribution in [0.2, 0.25) is 0 Å². The fraction of sp³-hybridized carbons (Fsp3) is 0.100. The van der Waals surface area contributed by atoms with Crippen molar-refractivity contribution in [2.75, 3.05) is 0 Å². The first kappa shape index (κ1) is 15.7. The molecule has 1 aliphatic heterocycles. The summed E-state index contributed by atoms with van der Waals surface area (Å²) in [5, 5.41) is 2.65. The van der Waals surface area contributed by atoms with Crippen molar-refractivity contribution in [3.63, 3.8) is 0 Å². The zero-order valence-corrected chi connectivity index (χ0v) is 13.4. The molecule has 0 spiro atoms. The zero-order chi connectivity index (χ0) is 16.9. The molecule has 0 bridgehead atoms. The molecule has 1 aliphatic rings. The Balaban J connectivity index is 1.77. The Morgan fingerprint density at radius 3 is 2.29 bits per heavy atom. The van der Waals surface area contributed by atoms with Crippen LogP contribution in [-0.2, 0) is 11.3 Å². The predicted molar refractivity (Wildman–Crippen MR) is 93.7 cm³/mol. The summed E-state index contributed by atoms with van der Waals surface area (Å²) in [6.45, 7) is 2.17. The highest BCUT2D eigenvalue weighted by atomic mass is 16.2. The number of hydrogen-bond acceptors (Lipinski definition) is 2. The number of imide groups is 1. The van der Waals surface area contributed by atoms with Crippen LogP contribution in [0.25, 0.3) is 6.08 Å². The van der Waals surface area contributed by atoms with E-state index in [0.29, 0.717) is 5.70 Å². The van der Waals surface area contributed by atoms with Crippen molar-refractivity contribution in [1.82, 2.24) is 10.2 Å². The minimum atomic E-state index is -0.386. The summed E-state index contributed by atoms with van der Waals surface area (Å²) in [5.74, 6) is -0.301. The van der Waals surface area contributed by atoms with Gasteiger partial charge in [0.15, 0.2) is 0 Å². The Morgan fingerprint density at radius 2 is 1.62 bits per heavy atom. The summed E-state index contributed by atoms with van der Waals surface area (Å²) in [7, 11) is 0. The van der Waals surface area contributed by atoms with Crippen LogP contribution < -0.4 is 5.32 Å². The fourth-order valence-corrected chi connectivity index (χ4v) is 2.56. The van der Waals surface area contributed by atoms with E-state index in [4.69, 9.17) is 0 Å². The first-order valence-electron chi connectivity index (χ1n) is 7.75. The van der Waals surface area contributed by atoms with Gasteiger partial charge < -0.3 is 5.32 Å². The fourth-order valence-electron chi connectivity index (χ4n) is 2.56. The number of benzene rings is 2. The van der Waals surface area contributed by atoms with Crippen molar-refractivity contribution >= 4 is 18.0 Å². The second kappa shape index (κ2) is 6.96. The largest absolute Gasteiger partial charge is 0.329 e. The number of rotatable bonds is 4. The predicted octanol–water partition coefficient (Wildman–Crippen LogP) is 3.73. The van der Waals surface area contributed by atoms with Gasteiger partial charge in [-0.1, -0.05) is 66.7 Å². The SMILES string of the molecule is CC(=C\c1ccccc1)/C=C1/NC(=O)N(Cc2ccccc2)C1=O. The van der Waals surface area contributed by atoms with Crippen LogP contribution in [0.3, 0.4) is 0 Å². The quantitative estimate of drug-likeness (QED) is 0.690. The maximum atomic E-state index is 12.5. The van der Waals surface area contributed by atoms with E-state index in [0.717, 1.165) is 16.7 Å². The molecule has 3 amide bonds. The molecule has 0 saturated carbocycles. The van der Waals surface area contributed by atoms with Crippen molar-refractivity contribution in [3.8, 4) is 0 Å². The Bertz CT molecular complexity index is 808. The molecule has 2 aromatic carbocycles. The van der Waals surface area contributed by atoms with Gasteiger partial charge in [0.25, 0.3) is 5.91 Å². The smallest absolute Gasteiger partial charge is 0.303 e. The molecule has 120 valence electrons. The second-order valence-electron chi connectivity index (χ2n) is 5.66. The third-order valence-electron chi connectivity index (χ3n) is 3.71. The van der Waals surface area contributed by atoms with Gasteiger partial charge in [0.2, 0.25) is 0 Å². The van der Waals surface area contributed by atoms with Crippen molar-refractivity contribution in [2.24, 2.45) is 0 Å². The minimum Gasteiger partial charge on any atom is -0.303 e. The van der Waals surface area contributed by atoms with Crippen molar-refractivity contribution in [3.05, 3.63) is 89.1 Å². The highest BCUT2D eigenvalue weighted by Crippen LogP contribution is 2.16. The Labute approximate surface area is 141 Å². The molecular formula is C20H18N2O2. The summed E-state index contributed by atoms with van der Waals surface area (Å²) < 4.78 is 0. The van der Waals surface area contributed by atoms with Gasteiger partial charge in [0.1, 0.15) is 5.70 Å². The van der Waals surface area contributed by atoms with Crippen molar-refractivity contribution in [1.29, 1.82) is 0 Å². The van der Waals surface area contributed by atoms with Crippen LogP contribution in [0.15, 0.2) is 78.0 Å². The molecule has 1 saturated heterocycles. The normalized spacial score (nSPS) is 16.6. The molecule has 0 aliphatic carbocycles. The van der Waals surface area contributed by atoms with E-state index in [9.17, 15) is 9.59 Å². The molecular weight excluding hydrogens is 300 g/mol. The number of urea groups is 1. The van der Waals surface area contributed by atoms with Gasteiger partial charge in [-0.2, -0.15) is 0 Å². The highest BCUT2D eigenvalue weighted by Gasteiger charge is 2.33. The van der Waals surface area contributed by atoms with E-state index in [1.54, 1.807) is 6.08 Å². The van der Waals surface area contributed by atoms with Gasteiger partial charge >= 0.3 is 6.03 Å². The maximum absolute atomic E-state index is 12.5. The number of nitrogens with one attached hydrogen (secondary N) is 1. The standard InChI is InChI=1S/C20H18N2O2/c1-15(12-16-8-4-2-5-9-16)13-18-19(23)22(20(24)21-18)14-17-10-6-3-7-11-17/h2-13H,14H2,1H3,(H,21,24)/b15-12+,18-13+. The van der Waals surface area contributed by atoms with Crippen LogP contribution >= 0.6 is 0 Å². The lowest BCUT2D eigenvalue weighted by Crippen LogP contribution is -2.30. The number of amides is 3. The topological polar surface area (TPSA) is 49.4 Å². The summed E-state index contributed by atoms with van der Waals surface area (Å²) >= 11 is 0. The van der Waals surface area contributed by atoms with E-state index in [-0.39, 0.29) is 18.5 Å². The lowest BCUT2D eigenvalue weighted by Gasteiger charge is -2.11. The molecule has 1 heterocycles. The molecule has 3 rings (SSSR count). The minimum absolute atomic E-state index is 0.268. The molecule has 0 radical (unpaired) electrons. The Morgan fingerprint density at radius 1 is 1.00 bits per heavy atom. The third-order valence-corrected chi connectivity index (χ3v) is 3.71. The van der Waals surface area contributed by atoms with Crippen molar-refractivity contribution in [2.45, 2.75) is 13.5 Å². The number of nitrogens with zero attached hydrogens (tertiary/aromatic N) is 1. The van der Waals surface area contributed by atoms with Crippen LogP contribution in [0, 0.1) is 0 Å². The molecule has 24 heavy (non-hydrogen) atoms. The second-order valence-corrected chi connectivity index (χ2v) is 5.66. The van der Waals surface area contributed by atoms with Gasteiger partial charge in [-0.15, -0.1) is 0 Å². The van der Waals surface area contributed by atoms with Crippen molar-refractivity contribution < 1.29 is 9.59 Å². The van der Waals surface area contributed by atoms with Gasteiger partial charge in [-0.05, 0) is 29.7 Å². The molecule has 0 unspecified atom stereocenters. The van der Waals surface area contributed by atoms with Crippen LogP contribution in [0.4, 0.5) is 4.79 Å². The van der Waals surface area contributed by atoms with Gasteiger partial charge in [0, 0.05) is 0 Å². The zero-order valence-electron chi connectivity index (χ0n) is 13.4. The Kier molecular flexibility index (Phi) is 4.57. The van der Waals surface area contributed by atoms with E-state index >= 15 is 0 Å². The number of carbonyl (C=O) groups excluding carboxylic acids is 2. The summed E-state index contributed by atoms with van der Waals surface area (Å²) in [6.07, 6.45) is 3.67. The Hall–Kier alpha value is -3.14. The average molecular weight is 318 g/mol. The van der Waals surface area contributed by atoms with E-state index in [2.05, 4.69) is 5.32 Å². The van der Waals surface area contributed by atoms with E-state index < -0.39 is 0 Å². The van der Waals surface area contributed by atoms with E-state index in [1.807, 2.05) is 73.7 Å². The number of allylic oxidation sites excluding steroid dienone is 2. The molecule has 4 heteroatoms. The summed E-state index contributed by atoms with van der Waals surface area (Å²) in [4.78, 5) is 25.7. The number of carbonyl (C=O) groups is 2. The molecule has 4 nitrogen and oxygen atoms in total. The lowest BCUT2D eigenvalue weighted by atomic mass is 10.1. The first-order valence-corrected chi connectivity index (χ1v) is 7.75. The van der Waals surface area contributed by atoms with Crippen LogP contribution in [0.1, 0.15) is 18.1 Å². The highest BCUT2D eigenvalue weighted by molar-refractivity contribution is 6.11. The summed E-state index contributed by atoms with van der Waals surface area (Å²) in [6, 6.07) is 18.9. The third kappa shape index (κ3) is 3.60. The van der Waals surface area contributed by atoms with Crippen LogP contribution in [0.5, 0.6) is 0 Å². The van der Waals surface area contributed by atoms with Crippen LogP contribution in [-0.4, -0.2) is 16.8 Å². The first-order chi connectivity index (χ1) is 11.6. The summed E-state index contributed by atoms with van der Waals surface area (Å²) in [5.41, 5.74) is 3.16. The molecule has 2 aromatic rings. The molecule has 0 atom stereocenters. The molecule has 1 N–H and O–H groups in total. The van der Waals surface area contributed by atoms with Gasteiger partial charge in [-0.25, -0.2) is 4.79 Å². The average Bonchev–Trinajstić information content (AvgIpc) is 2.84. The number of hydrogen-bond donors (Lipinski definition) is 1. The lowest BCUT2D eigenvalue weighted by molar-refractivity contribution is -0.123. The molecule has 0 aromatic heterocycles. The monoisotopic (exact) mass is 318 g/mol. The molecule has 1 fully saturated rings. The van der Waals surface area contributed by atoms with Gasteiger partial charge in [0.05, 0.1) is 6.54 Å².